The van der Waals surface area contributed by atoms with Crippen molar-refractivity contribution < 1.29 is 0 Å². The number of fused-ring (bicyclic) bond motifs is 3. The van der Waals surface area contributed by atoms with Gasteiger partial charge in [0.05, 0.1) is 11.0 Å². The summed E-state index contributed by atoms with van der Waals surface area (Å²) in [7, 11) is 2.04. The molecule has 2 N–H and O–H groups in total. The monoisotopic (exact) mass is 309 g/mol. The van der Waals surface area contributed by atoms with Crippen LogP contribution in [0.5, 0.6) is 0 Å². The summed E-state index contributed by atoms with van der Waals surface area (Å²) in [6, 6.07) is 1.86. The zero-order valence-corrected chi connectivity index (χ0v) is 11.4. The fraction of sp³-hybridized carbons (Fsp3) is 0.333. The van der Waals surface area contributed by atoms with E-state index in [2.05, 4.69) is 30.8 Å². The number of H-pyrrole nitrogens is 2. The lowest BCUT2D eigenvalue weighted by atomic mass is 9.98. The Morgan fingerprint density at radius 1 is 1.22 bits per heavy atom. The molecule has 0 fully saturated rings. The van der Waals surface area contributed by atoms with E-state index in [1.54, 1.807) is 0 Å². The Labute approximate surface area is 111 Å². The van der Waals surface area contributed by atoms with Gasteiger partial charge in [-0.2, -0.15) is 0 Å². The summed E-state index contributed by atoms with van der Waals surface area (Å²) in [4.78, 5) is 30.3. The quantitative estimate of drug-likeness (QED) is 0.712. The molecule has 18 heavy (non-hydrogen) atoms. The average Bonchev–Trinajstić information content (AvgIpc) is 2.32. The molecule has 3 rings (SSSR count). The van der Waals surface area contributed by atoms with Crippen LogP contribution < -0.4 is 11.1 Å². The molecule has 1 aliphatic rings. The van der Waals surface area contributed by atoms with Gasteiger partial charge in [0.2, 0.25) is 0 Å². The molecule has 0 unspecified atom stereocenters. The van der Waals surface area contributed by atoms with Gasteiger partial charge in [0.15, 0.2) is 0 Å². The lowest BCUT2D eigenvalue weighted by molar-refractivity contribution is 0.314. The van der Waals surface area contributed by atoms with Gasteiger partial charge >= 0.3 is 11.1 Å². The van der Waals surface area contributed by atoms with Crippen molar-refractivity contribution in [3.63, 3.8) is 0 Å². The van der Waals surface area contributed by atoms with Gasteiger partial charge < -0.3 is 14.9 Å². The van der Waals surface area contributed by atoms with Crippen LogP contribution in [0.15, 0.2) is 20.1 Å². The predicted molar refractivity (Wildman–Crippen MR) is 72.9 cm³/mol. The second kappa shape index (κ2) is 4.07. The summed E-state index contributed by atoms with van der Waals surface area (Å²) >= 11 is 3.53. The highest BCUT2D eigenvalue weighted by Crippen LogP contribution is 2.30. The molecule has 2 aromatic rings. The van der Waals surface area contributed by atoms with Crippen LogP contribution in [-0.2, 0) is 13.0 Å². The molecule has 1 aromatic heterocycles. The molecular formula is C12H12BrN3O2. The van der Waals surface area contributed by atoms with Gasteiger partial charge in [0, 0.05) is 17.6 Å². The highest BCUT2D eigenvalue weighted by molar-refractivity contribution is 9.10. The van der Waals surface area contributed by atoms with Gasteiger partial charge in [-0.1, -0.05) is 15.9 Å². The number of likely N-dealkylation sites (N-methyl/N-ethyl adjacent to an activating group) is 1. The van der Waals surface area contributed by atoms with Crippen molar-refractivity contribution in [1.29, 1.82) is 0 Å². The van der Waals surface area contributed by atoms with Crippen molar-refractivity contribution in [2.75, 3.05) is 13.6 Å². The van der Waals surface area contributed by atoms with E-state index in [1.807, 2.05) is 13.1 Å². The molecule has 0 aliphatic carbocycles. The molecule has 2 heterocycles. The molecule has 1 aromatic carbocycles. The van der Waals surface area contributed by atoms with E-state index >= 15 is 0 Å². The minimum Gasteiger partial charge on any atom is -0.316 e. The second-order valence-electron chi connectivity index (χ2n) is 4.63. The Balaban J connectivity index is 2.42. The number of rotatable bonds is 0. The number of aromatic amines is 2. The molecule has 0 amide bonds. The maximum atomic E-state index is 11.5. The number of hydrogen-bond acceptors (Lipinski definition) is 3. The first kappa shape index (κ1) is 11.7. The van der Waals surface area contributed by atoms with Crippen molar-refractivity contribution in [1.82, 2.24) is 14.9 Å². The summed E-state index contributed by atoms with van der Waals surface area (Å²) in [5.41, 5.74) is 2.49. The van der Waals surface area contributed by atoms with Crippen LogP contribution in [0.4, 0.5) is 0 Å². The van der Waals surface area contributed by atoms with E-state index in [9.17, 15) is 9.59 Å². The van der Waals surface area contributed by atoms with Crippen LogP contribution in [0.2, 0.25) is 0 Å². The first-order chi connectivity index (χ1) is 8.56. The van der Waals surface area contributed by atoms with Crippen molar-refractivity contribution in [2.45, 2.75) is 13.0 Å². The molecule has 1 aliphatic heterocycles. The number of aromatic nitrogens is 2. The van der Waals surface area contributed by atoms with Gasteiger partial charge in [-0.3, -0.25) is 9.59 Å². The third kappa shape index (κ3) is 1.72. The third-order valence-corrected chi connectivity index (χ3v) is 4.07. The first-order valence-electron chi connectivity index (χ1n) is 5.71. The lowest BCUT2D eigenvalue weighted by Crippen LogP contribution is -2.31. The fourth-order valence-electron chi connectivity index (χ4n) is 2.43. The van der Waals surface area contributed by atoms with Crippen molar-refractivity contribution in [3.8, 4) is 0 Å². The molecule has 0 bridgehead atoms. The molecule has 0 atom stereocenters. The molecule has 0 radical (unpaired) electrons. The largest absolute Gasteiger partial charge is 0.316 e. The Hall–Kier alpha value is -1.40. The van der Waals surface area contributed by atoms with Crippen molar-refractivity contribution in [3.05, 3.63) is 42.4 Å². The molecule has 94 valence electrons. The average molecular weight is 310 g/mol. The topological polar surface area (TPSA) is 69.0 Å². The molecule has 0 saturated heterocycles. The highest BCUT2D eigenvalue weighted by atomic mass is 79.9. The standard InChI is InChI=1S/C12H12BrN3O2/c1-16-3-2-6-7(5-16)10-9(4-8(6)13)14-11(17)12(18)15-10/h4H,2-3,5H2,1H3,(H,14,17)(H,15,18). The Kier molecular flexibility index (Phi) is 2.64. The summed E-state index contributed by atoms with van der Waals surface area (Å²) in [6.45, 7) is 1.76. The van der Waals surface area contributed by atoms with Crippen molar-refractivity contribution in [2.24, 2.45) is 0 Å². The summed E-state index contributed by atoms with van der Waals surface area (Å²) in [5.74, 6) is 0. The normalized spacial score (nSPS) is 15.9. The minimum absolute atomic E-state index is 0.597. The Morgan fingerprint density at radius 3 is 2.72 bits per heavy atom. The Morgan fingerprint density at radius 2 is 1.94 bits per heavy atom. The number of hydrogen-bond donors (Lipinski definition) is 2. The van der Waals surface area contributed by atoms with Gasteiger partial charge in [-0.25, -0.2) is 0 Å². The van der Waals surface area contributed by atoms with Crippen LogP contribution >= 0.6 is 15.9 Å². The molecule has 0 spiro atoms. The van der Waals surface area contributed by atoms with Gasteiger partial charge in [-0.15, -0.1) is 0 Å². The zero-order valence-electron chi connectivity index (χ0n) is 9.84. The predicted octanol–water partition coefficient (Wildman–Crippen LogP) is 0.967. The molecule has 0 saturated carbocycles. The fourth-order valence-corrected chi connectivity index (χ4v) is 3.10. The van der Waals surface area contributed by atoms with E-state index in [4.69, 9.17) is 0 Å². The van der Waals surface area contributed by atoms with Gasteiger partial charge in [0.25, 0.3) is 0 Å². The van der Waals surface area contributed by atoms with Crippen LogP contribution in [0.3, 0.4) is 0 Å². The van der Waals surface area contributed by atoms with Crippen LogP contribution in [-0.4, -0.2) is 28.5 Å². The van der Waals surface area contributed by atoms with Crippen LogP contribution in [0.25, 0.3) is 11.0 Å². The van der Waals surface area contributed by atoms with Gasteiger partial charge in [-0.05, 0) is 30.7 Å². The molecule has 6 heteroatoms. The Bertz CT molecular complexity index is 747. The lowest BCUT2D eigenvalue weighted by Gasteiger charge is -2.26. The maximum absolute atomic E-state index is 11.5. The van der Waals surface area contributed by atoms with E-state index in [0.29, 0.717) is 5.52 Å². The molecule has 5 nitrogen and oxygen atoms in total. The zero-order chi connectivity index (χ0) is 12.9. The number of benzene rings is 1. The summed E-state index contributed by atoms with van der Waals surface area (Å²) < 4.78 is 0.987. The van der Waals surface area contributed by atoms with E-state index < -0.39 is 11.1 Å². The first-order valence-corrected chi connectivity index (χ1v) is 6.50. The smallest absolute Gasteiger partial charge is 0.314 e. The maximum Gasteiger partial charge on any atom is 0.314 e. The summed E-state index contributed by atoms with van der Waals surface area (Å²) in [5, 5.41) is 0. The second-order valence-corrected chi connectivity index (χ2v) is 5.49. The van der Waals surface area contributed by atoms with E-state index in [1.165, 1.54) is 5.56 Å². The van der Waals surface area contributed by atoms with E-state index in [-0.39, 0.29) is 0 Å². The molecular weight excluding hydrogens is 298 g/mol. The summed E-state index contributed by atoms with van der Waals surface area (Å²) in [6.07, 6.45) is 0.934. The minimum atomic E-state index is -0.612. The number of halogens is 1. The number of nitrogens with zero attached hydrogens (tertiary/aromatic N) is 1. The third-order valence-electron chi connectivity index (χ3n) is 3.36. The SMILES string of the molecule is CN1CCc2c(Br)cc3[nH]c(=O)c(=O)[nH]c3c2C1. The van der Waals surface area contributed by atoms with Crippen LogP contribution in [0.1, 0.15) is 11.1 Å². The number of nitrogens with one attached hydrogen (secondary N) is 2. The highest BCUT2D eigenvalue weighted by Gasteiger charge is 2.19. The van der Waals surface area contributed by atoms with Gasteiger partial charge in [0.1, 0.15) is 0 Å². The van der Waals surface area contributed by atoms with Crippen LogP contribution in [0, 0.1) is 0 Å². The van der Waals surface area contributed by atoms with Crippen molar-refractivity contribution >= 4 is 27.0 Å². The van der Waals surface area contributed by atoms with E-state index in [0.717, 1.165) is 35.1 Å².